The van der Waals surface area contributed by atoms with Crippen molar-refractivity contribution < 1.29 is 14.6 Å². The Morgan fingerprint density at radius 3 is 2.50 bits per heavy atom. The first kappa shape index (κ1) is 14.5. The second-order valence-corrected chi connectivity index (χ2v) is 4.61. The van der Waals surface area contributed by atoms with Crippen molar-refractivity contribution >= 4 is 5.97 Å². The summed E-state index contributed by atoms with van der Waals surface area (Å²) in [5.74, 6) is 0.490. The molecule has 18 heavy (non-hydrogen) atoms. The number of benzene rings is 1. The largest absolute Gasteiger partial charge is 0.492 e. The Hall–Kier alpha value is -1.55. The highest BCUT2D eigenvalue weighted by molar-refractivity contribution is 5.87. The first-order chi connectivity index (χ1) is 8.59. The lowest BCUT2D eigenvalue weighted by atomic mass is 10.1. The fourth-order valence-electron chi connectivity index (χ4n) is 1.45. The first-order valence-corrected chi connectivity index (χ1v) is 6.26. The normalized spacial score (nSPS) is 10.6. The SMILES string of the molecule is CC(C)CCNCCOc1ccc(C(=O)O)cc1. The number of aromatic carboxylic acids is 1. The van der Waals surface area contributed by atoms with Crippen molar-refractivity contribution in [3.63, 3.8) is 0 Å². The van der Waals surface area contributed by atoms with Crippen molar-refractivity contribution in [3.8, 4) is 5.75 Å². The van der Waals surface area contributed by atoms with Crippen LogP contribution in [-0.4, -0.2) is 30.8 Å². The van der Waals surface area contributed by atoms with Crippen LogP contribution >= 0.6 is 0 Å². The Balaban J connectivity index is 2.17. The highest BCUT2D eigenvalue weighted by Gasteiger charge is 2.01. The smallest absolute Gasteiger partial charge is 0.335 e. The van der Waals surface area contributed by atoms with E-state index in [1.54, 1.807) is 24.3 Å². The fraction of sp³-hybridized carbons (Fsp3) is 0.500. The number of carboxylic acids is 1. The number of carboxylic acid groups (broad SMARTS) is 1. The molecule has 1 aromatic carbocycles. The second-order valence-electron chi connectivity index (χ2n) is 4.61. The minimum Gasteiger partial charge on any atom is -0.492 e. The van der Waals surface area contributed by atoms with Gasteiger partial charge >= 0.3 is 5.97 Å². The summed E-state index contributed by atoms with van der Waals surface area (Å²) in [5.41, 5.74) is 0.275. The van der Waals surface area contributed by atoms with Gasteiger partial charge < -0.3 is 15.2 Å². The minimum atomic E-state index is -0.920. The molecule has 0 atom stereocenters. The van der Waals surface area contributed by atoms with E-state index >= 15 is 0 Å². The second kappa shape index (κ2) is 7.71. The summed E-state index contributed by atoms with van der Waals surface area (Å²) in [5, 5.41) is 12.0. The monoisotopic (exact) mass is 251 g/mol. The molecule has 0 saturated carbocycles. The lowest BCUT2D eigenvalue weighted by molar-refractivity contribution is 0.0697. The lowest BCUT2D eigenvalue weighted by Gasteiger charge is -2.08. The van der Waals surface area contributed by atoms with E-state index in [-0.39, 0.29) is 5.56 Å². The third-order valence-electron chi connectivity index (χ3n) is 2.55. The Morgan fingerprint density at radius 1 is 1.28 bits per heavy atom. The van der Waals surface area contributed by atoms with Crippen LogP contribution in [0.1, 0.15) is 30.6 Å². The predicted molar refractivity (Wildman–Crippen MR) is 71.2 cm³/mol. The summed E-state index contributed by atoms with van der Waals surface area (Å²) in [4.78, 5) is 10.6. The number of carbonyl (C=O) groups is 1. The summed E-state index contributed by atoms with van der Waals surface area (Å²) in [6.45, 7) is 6.78. The Morgan fingerprint density at radius 2 is 1.94 bits per heavy atom. The maximum atomic E-state index is 10.6. The molecule has 0 unspecified atom stereocenters. The molecule has 0 fully saturated rings. The summed E-state index contributed by atoms with van der Waals surface area (Å²) in [7, 11) is 0. The van der Waals surface area contributed by atoms with Gasteiger partial charge in [0.1, 0.15) is 12.4 Å². The minimum absolute atomic E-state index is 0.275. The first-order valence-electron chi connectivity index (χ1n) is 6.26. The van der Waals surface area contributed by atoms with Gasteiger partial charge in [0.25, 0.3) is 0 Å². The molecule has 0 aromatic heterocycles. The van der Waals surface area contributed by atoms with Crippen LogP contribution in [0.15, 0.2) is 24.3 Å². The maximum absolute atomic E-state index is 10.6. The molecule has 4 nitrogen and oxygen atoms in total. The number of hydrogen-bond donors (Lipinski definition) is 2. The van der Waals surface area contributed by atoms with Crippen molar-refractivity contribution in [1.82, 2.24) is 5.32 Å². The topological polar surface area (TPSA) is 58.6 Å². The molecular formula is C14H21NO3. The summed E-state index contributed by atoms with van der Waals surface area (Å²) in [6.07, 6.45) is 1.16. The Bertz CT molecular complexity index is 360. The van der Waals surface area contributed by atoms with Gasteiger partial charge in [-0.25, -0.2) is 4.79 Å². The third kappa shape index (κ3) is 5.68. The van der Waals surface area contributed by atoms with Crippen LogP contribution in [0, 0.1) is 5.92 Å². The molecule has 1 rings (SSSR count). The van der Waals surface area contributed by atoms with E-state index in [0.29, 0.717) is 18.3 Å². The van der Waals surface area contributed by atoms with E-state index in [4.69, 9.17) is 9.84 Å². The fourth-order valence-corrected chi connectivity index (χ4v) is 1.45. The number of rotatable bonds is 8. The zero-order valence-electron chi connectivity index (χ0n) is 11.0. The van der Waals surface area contributed by atoms with Crippen molar-refractivity contribution in [2.24, 2.45) is 5.92 Å². The molecule has 2 N–H and O–H groups in total. The molecule has 0 amide bonds. The van der Waals surface area contributed by atoms with E-state index in [2.05, 4.69) is 19.2 Å². The van der Waals surface area contributed by atoms with Gasteiger partial charge in [-0.05, 0) is 43.1 Å². The maximum Gasteiger partial charge on any atom is 0.335 e. The van der Waals surface area contributed by atoms with Crippen molar-refractivity contribution in [3.05, 3.63) is 29.8 Å². The molecule has 0 spiro atoms. The zero-order valence-corrected chi connectivity index (χ0v) is 11.0. The van der Waals surface area contributed by atoms with Gasteiger partial charge in [0.2, 0.25) is 0 Å². The molecule has 1 aromatic rings. The van der Waals surface area contributed by atoms with E-state index in [0.717, 1.165) is 19.5 Å². The Kier molecular flexibility index (Phi) is 6.22. The van der Waals surface area contributed by atoms with Crippen LogP contribution in [0.4, 0.5) is 0 Å². The van der Waals surface area contributed by atoms with Gasteiger partial charge in [-0.15, -0.1) is 0 Å². The highest BCUT2D eigenvalue weighted by Crippen LogP contribution is 2.11. The molecule has 0 heterocycles. The predicted octanol–water partition coefficient (Wildman–Crippen LogP) is 2.40. The molecule has 0 radical (unpaired) electrons. The number of nitrogens with one attached hydrogen (secondary N) is 1. The molecule has 0 saturated heterocycles. The average Bonchev–Trinajstić information content (AvgIpc) is 2.34. The summed E-state index contributed by atoms with van der Waals surface area (Å²) >= 11 is 0. The average molecular weight is 251 g/mol. The number of ether oxygens (including phenoxy) is 1. The van der Waals surface area contributed by atoms with Crippen LogP contribution in [0.5, 0.6) is 5.75 Å². The standard InChI is InChI=1S/C14H21NO3/c1-11(2)7-8-15-9-10-18-13-5-3-12(4-6-13)14(16)17/h3-6,11,15H,7-10H2,1-2H3,(H,16,17). The van der Waals surface area contributed by atoms with Crippen LogP contribution in [0.2, 0.25) is 0 Å². The molecule has 0 bridgehead atoms. The van der Waals surface area contributed by atoms with Crippen LogP contribution < -0.4 is 10.1 Å². The highest BCUT2D eigenvalue weighted by atomic mass is 16.5. The van der Waals surface area contributed by atoms with Gasteiger partial charge in [0, 0.05) is 6.54 Å². The van der Waals surface area contributed by atoms with Gasteiger partial charge in [0.15, 0.2) is 0 Å². The molecular weight excluding hydrogens is 230 g/mol. The summed E-state index contributed by atoms with van der Waals surface area (Å²) in [6, 6.07) is 6.45. The lowest BCUT2D eigenvalue weighted by Crippen LogP contribution is -2.23. The van der Waals surface area contributed by atoms with Crippen molar-refractivity contribution in [2.75, 3.05) is 19.7 Å². The van der Waals surface area contributed by atoms with Crippen molar-refractivity contribution in [1.29, 1.82) is 0 Å². The van der Waals surface area contributed by atoms with Gasteiger partial charge in [0.05, 0.1) is 5.56 Å². The molecule has 0 aliphatic heterocycles. The van der Waals surface area contributed by atoms with Gasteiger partial charge in [-0.3, -0.25) is 0 Å². The van der Waals surface area contributed by atoms with E-state index in [1.807, 2.05) is 0 Å². The van der Waals surface area contributed by atoms with Crippen LogP contribution in [0.25, 0.3) is 0 Å². The zero-order chi connectivity index (χ0) is 13.4. The Labute approximate surface area is 108 Å². The summed E-state index contributed by atoms with van der Waals surface area (Å²) < 4.78 is 5.49. The third-order valence-corrected chi connectivity index (χ3v) is 2.55. The quantitative estimate of drug-likeness (QED) is 0.697. The molecule has 4 heteroatoms. The molecule has 0 aliphatic carbocycles. The van der Waals surface area contributed by atoms with Crippen molar-refractivity contribution in [2.45, 2.75) is 20.3 Å². The van der Waals surface area contributed by atoms with Crippen LogP contribution in [0.3, 0.4) is 0 Å². The molecule has 0 aliphatic rings. The van der Waals surface area contributed by atoms with E-state index in [9.17, 15) is 4.79 Å². The molecule has 100 valence electrons. The van der Waals surface area contributed by atoms with Gasteiger partial charge in [-0.2, -0.15) is 0 Å². The van der Waals surface area contributed by atoms with Crippen LogP contribution in [-0.2, 0) is 0 Å². The number of hydrogen-bond acceptors (Lipinski definition) is 3. The van der Waals surface area contributed by atoms with Gasteiger partial charge in [-0.1, -0.05) is 13.8 Å². The van der Waals surface area contributed by atoms with E-state index in [1.165, 1.54) is 0 Å². The van der Waals surface area contributed by atoms with E-state index < -0.39 is 5.97 Å².